The number of methoxy groups -OCH3 is 1. The van der Waals surface area contributed by atoms with Gasteiger partial charge in [0.25, 0.3) is 5.91 Å². The molecule has 2 aromatic carbocycles. The molecule has 4 bridgehead atoms. The lowest BCUT2D eigenvalue weighted by molar-refractivity contribution is -0.134. The highest BCUT2D eigenvalue weighted by Gasteiger charge is 2.20. The van der Waals surface area contributed by atoms with Gasteiger partial charge >= 0.3 is 0 Å². The lowest BCUT2D eigenvalue weighted by atomic mass is 10.1. The van der Waals surface area contributed by atoms with E-state index in [9.17, 15) is 28.7 Å². The van der Waals surface area contributed by atoms with Gasteiger partial charge in [0, 0.05) is 38.2 Å². The standard InChI is InChI=1S/C28H35FN4O7/c1-3-21-28(38)31-16-18-7-9-22(20(29)14-18)40-24-15-19(8-10-23(24)39-2)27(37)30-11-5-13-33(26(36)17-34)12-4-6-25(35)32-21/h7-10,14-15,21,34H,3-6,11-13,16-17H2,1-2H3,(H,30,37)(H,31,38)(H,32,35)/t21-/m0/s1. The van der Waals surface area contributed by atoms with Crippen molar-refractivity contribution in [3.8, 4) is 17.2 Å². The van der Waals surface area contributed by atoms with Gasteiger partial charge < -0.3 is 35.4 Å². The summed E-state index contributed by atoms with van der Waals surface area (Å²) in [6.45, 7) is 1.83. The third-order valence-corrected chi connectivity index (χ3v) is 6.38. The van der Waals surface area contributed by atoms with Crippen LogP contribution in [0, 0.1) is 5.82 Å². The first kappa shape index (κ1) is 30.4. The molecule has 2 heterocycles. The van der Waals surface area contributed by atoms with Crippen LogP contribution in [0.3, 0.4) is 0 Å². The third-order valence-electron chi connectivity index (χ3n) is 6.38. The number of carbonyl (C=O) groups is 4. The average Bonchev–Trinajstić information content (AvgIpc) is 2.95. The number of halogens is 1. The minimum atomic E-state index is -0.778. The van der Waals surface area contributed by atoms with E-state index in [1.54, 1.807) is 19.1 Å². The topological polar surface area (TPSA) is 146 Å². The maximum atomic E-state index is 14.9. The van der Waals surface area contributed by atoms with Crippen LogP contribution in [-0.2, 0) is 20.9 Å². The maximum Gasteiger partial charge on any atom is 0.251 e. The number of nitrogens with one attached hydrogen (secondary N) is 3. The van der Waals surface area contributed by atoms with Crippen molar-refractivity contribution in [2.45, 2.75) is 45.2 Å². The first-order valence-electron chi connectivity index (χ1n) is 13.1. The van der Waals surface area contributed by atoms with Crippen molar-refractivity contribution in [1.29, 1.82) is 0 Å². The summed E-state index contributed by atoms with van der Waals surface area (Å²) in [7, 11) is 1.42. The van der Waals surface area contributed by atoms with E-state index in [2.05, 4.69) is 16.0 Å². The maximum absolute atomic E-state index is 14.9. The number of hydrogen-bond donors (Lipinski definition) is 4. The van der Waals surface area contributed by atoms with Gasteiger partial charge in [0.1, 0.15) is 12.6 Å². The van der Waals surface area contributed by atoms with Crippen LogP contribution in [0.25, 0.3) is 0 Å². The van der Waals surface area contributed by atoms with E-state index in [1.807, 2.05) is 0 Å². The molecule has 0 unspecified atom stereocenters. The van der Waals surface area contributed by atoms with E-state index >= 15 is 0 Å². The SMILES string of the molecule is CC[C@@H]1NC(=O)CCCN(C(=O)CO)CCCNC(=O)c2ccc(OC)c(c2)Oc2ccc(cc2F)CNC1=O. The van der Waals surface area contributed by atoms with Gasteiger partial charge in [0.15, 0.2) is 23.1 Å². The van der Waals surface area contributed by atoms with E-state index in [-0.39, 0.29) is 55.6 Å². The van der Waals surface area contributed by atoms with Gasteiger partial charge in [-0.3, -0.25) is 19.2 Å². The van der Waals surface area contributed by atoms with Crippen LogP contribution >= 0.6 is 0 Å². The van der Waals surface area contributed by atoms with Gasteiger partial charge in [-0.25, -0.2) is 4.39 Å². The van der Waals surface area contributed by atoms with Gasteiger partial charge in [0.2, 0.25) is 17.7 Å². The van der Waals surface area contributed by atoms with Gasteiger partial charge in [0.05, 0.1) is 7.11 Å². The van der Waals surface area contributed by atoms with Gasteiger partial charge in [-0.15, -0.1) is 0 Å². The number of aliphatic hydroxyl groups excluding tert-OH is 1. The second kappa shape index (κ2) is 14.8. The van der Waals surface area contributed by atoms with E-state index in [4.69, 9.17) is 9.47 Å². The van der Waals surface area contributed by atoms with Crippen molar-refractivity contribution in [2.75, 3.05) is 33.4 Å². The molecule has 0 radical (unpaired) electrons. The highest BCUT2D eigenvalue weighted by atomic mass is 19.1. The van der Waals surface area contributed by atoms with Gasteiger partial charge in [-0.05, 0) is 55.2 Å². The number of fused-ring (bicyclic) bond motifs is 16. The summed E-state index contributed by atoms with van der Waals surface area (Å²) in [6.07, 6.45) is 1.14. The number of benzene rings is 2. The van der Waals surface area contributed by atoms with Crippen LogP contribution in [0.2, 0.25) is 0 Å². The molecule has 2 aliphatic rings. The molecule has 0 saturated heterocycles. The molecule has 0 aromatic heterocycles. The quantitative estimate of drug-likeness (QED) is 0.450. The molecule has 216 valence electrons. The summed E-state index contributed by atoms with van der Waals surface area (Å²) >= 11 is 0. The Morgan fingerprint density at radius 1 is 1.10 bits per heavy atom. The van der Waals surface area contributed by atoms with E-state index < -0.39 is 36.2 Å². The van der Waals surface area contributed by atoms with Gasteiger partial charge in [-0.1, -0.05) is 13.0 Å². The lowest BCUT2D eigenvalue weighted by Gasteiger charge is -2.22. The molecule has 12 heteroatoms. The summed E-state index contributed by atoms with van der Waals surface area (Å²) in [5.41, 5.74) is 0.736. The fourth-order valence-corrected chi connectivity index (χ4v) is 4.15. The fraction of sp³-hybridized carbons (Fsp3) is 0.429. The molecule has 4 rings (SSSR count). The summed E-state index contributed by atoms with van der Waals surface area (Å²) in [5.74, 6) is -2.00. The second-order valence-electron chi connectivity index (χ2n) is 9.23. The molecule has 4 N–H and O–H groups in total. The number of ether oxygens (including phenoxy) is 2. The van der Waals surface area contributed by atoms with Crippen LogP contribution < -0.4 is 25.4 Å². The molecule has 0 fully saturated rings. The zero-order valence-corrected chi connectivity index (χ0v) is 22.6. The first-order chi connectivity index (χ1) is 19.2. The van der Waals surface area contributed by atoms with Crippen molar-refractivity contribution < 1.29 is 38.1 Å². The largest absolute Gasteiger partial charge is 0.493 e. The fourth-order valence-electron chi connectivity index (χ4n) is 4.15. The monoisotopic (exact) mass is 558 g/mol. The number of hydrogen-bond acceptors (Lipinski definition) is 7. The molecular formula is C28H35FN4O7. The summed E-state index contributed by atoms with van der Waals surface area (Å²) < 4.78 is 25.9. The normalized spacial score (nSPS) is 17.8. The Bertz CT molecular complexity index is 1220. The van der Waals surface area contributed by atoms with Crippen LogP contribution in [0.15, 0.2) is 36.4 Å². The number of nitrogens with zero attached hydrogens (tertiary/aromatic N) is 1. The predicted molar refractivity (Wildman–Crippen MR) is 143 cm³/mol. The molecule has 0 saturated carbocycles. The van der Waals surface area contributed by atoms with E-state index in [1.165, 1.54) is 36.3 Å². The van der Waals surface area contributed by atoms with Crippen LogP contribution in [0.4, 0.5) is 4.39 Å². The molecule has 40 heavy (non-hydrogen) atoms. The highest BCUT2D eigenvalue weighted by molar-refractivity contribution is 5.95. The van der Waals surface area contributed by atoms with Crippen molar-refractivity contribution >= 4 is 23.6 Å². The number of carbonyl (C=O) groups excluding carboxylic acids is 4. The Morgan fingerprint density at radius 3 is 2.58 bits per heavy atom. The molecule has 2 aromatic rings. The van der Waals surface area contributed by atoms with Crippen LogP contribution in [0.5, 0.6) is 17.2 Å². The molecule has 1 atom stereocenters. The zero-order chi connectivity index (χ0) is 29.1. The Hall–Kier alpha value is -4.19. The van der Waals surface area contributed by atoms with Crippen molar-refractivity contribution in [3.05, 3.63) is 53.3 Å². The van der Waals surface area contributed by atoms with Gasteiger partial charge in [-0.2, -0.15) is 0 Å². The number of rotatable bonds is 3. The molecule has 0 aliphatic carbocycles. The smallest absolute Gasteiger partial charge is 0.251 e. The molecule has 2 aliphatic heterocycles. The third kappa shape index (κ3) is 8.40. The summed E-state index contributed by atoms with van der Waals surface area (Å²) in [5, 5.41) is 17.5. The van der Waals surface area contributed by atoms with Crippen molar-refractivity contribution in [3.63, 3.8) is 0 Å². The molecular weight excluding hydrogens is 523 g/mol. The van der Waals surface area contributed by atoms with Crippen LogP contribution in [-0.4, -0.2) is 73.0 Å². The van der Waals surface area contributed by atoms with Crippen LogP contribution in [0.1, 0.15) is 48.5 Å². The molecule has 0 spiro atoms. The number of amides is 4. The molecule has 11 nitrogen and oxygen atoms in total. The Morgan fingerprint density at radius 2 is 1.88 bits per heavy atom. The Labute approximate surface area is 232 Å². The average molecular weight is 559 g/mol. The first-order valence-corrected chi connectivity index (χ1v) is 13.1. The minimum Gasteiger partial charge on any atom is -0.493 e. The van der Waals surface area contributed by atoms with E-state index in [0.717, 1.165) is 0 Å². The second-order valence-corrected chi connectivity index (χ2v) is 9.23. The highest BCUT2D eigenvalue weighted by Crippen LogP contribution is 2.34. The predicted octanol–water partition coefficient (Wildman–Crippen LogP) is 1.87. The van der Waals surface area contributed by atoms with Crippen molar-refractivity contribution in [2.24, 2.45) is 0 Å². The summed E-state index contributed by atoms with van der Waals surface area (Å²) in [4.78, 5) is 51.5. The minimum absolute atomic E-state index is 0.0274. The number of aliphatic hydroxyl groups is 1. The Balaban J connectivity index is 1.84. The Kier molecular flexibility index (Phi) is 11.2. The van der Waals surface area contributed by atoms with Crippen molar-refractivity contribution in [1.82, 2.24) is 20.9 Å². The zero-order valence-electron chi connectivity index (χ0n) is 22.6. The lowest BCUT2D eigenvalue weighted by Crippen LogP contribution is -2.46. The van der Waals surface area contributed by atoms with E-state index in [0.29, 0.717) is 30.6 Å². The molecule has 4 amide bonds. The summed E-state index contributed by atoms with van der Waals surface area (Å²) in [6, 6.07) is 7.98.